The van der Waals surface area contributed by atoms with Gasteiger partial charge in [-0.1, -0.05) is 93.3 Å². The van der Waals surface area contributed by atoms with Crippen LogP contribution >= 0.6 is 0 Å². The number of benzene rings is 2. The van der Waals surface area contributed by atoms with Crippen LogP contribution in [0.1, 0.15) is 88.7 Å². The zero-order valence-corrected chi connectivity index (χ0v) is 23.9. The van der Waals surface area contributed by atoms with Gasteiger partial charge in [0.15, 0.2) is 0 Å². The monoisotopic (exact) mass is 522 g/mol. The molecular weight excluding hydrogens is 472 g/mol. The molecule has 38 heavy (non-hydrogen) atoms. The maximum absolute atomic E-state index is 13.2. The second kappa shape index (κ2) is 18.0. The number of carbonyl (C=O) groups excluding carboxylic acids is 1. The van der Waals surface area contributed by atoms with Crippen LogP contribution in [-0.2, 0) is 22.6 Å². The van der Waals surface area contributed by atoms with Gasteiger partial charge in [0.05, 0.1) is 6.10 Å². The summed E-state index contributed by atoms with van der Waals surface area (Å²) in [6.45, 7) is 6.44. The Bertz CT molecular complexity index is 868. The average Bonchev–Trinajstić information content (AvgIpc) is 2.96. The van der Waals surface area contributed by atoms with Crippen molar-refractivity contribution in [3.05, 3.63) is 71.8 Å². The lowest BCUT2D eigenvalue weighted by Crippen LogP contribution is -2.43. The van der Waals surface area contributed by atoms with Crippen molar-refractivity contribution in [2.24, 2.45) is 0 Å². The molecule has 0 unspecified atom stereocenters. The van der Waals surface area contributed by atoms with E-state index in [1.165, 1.54) is 51.6 Å². The molecule has 0 spiro atoms. The standard InChI is InChI=1S/C33H50N2O3/c1-3-4-13-24-34(2)25-14-5-6-15-26-37-32-22-20-31(21-23-32)35(27-29-16-9-7-10-17-29)33(36)38-28-30-18-11-8-12-19-30/h7-12,16-19,31-32H,3-6,13-15,20-28H2,1-2H3/t31-,32-. The number of unbranched alkanes of at least 4 members (excludes halogenated alkanes) is 5. The van der Waals surface area contributed by atoms with Crippen LogP contribution in [0.15, 0.2) is 60.7 Å². The molecule has 1 saturated carbocycles. The highest BCUT2D eigenvalue weighted by atomic mass is 16.6. The Morgan fingerprint density at radius 1 is 0.789 bits per heavy atom. The molecule has 0 radical (unpaired) electrons. The van der Waals surface area contributed by atoms with Crippen LogP contribution in [0.4, 0.5) is 4.79 Å². The molecule has 1 aliphatic carbocycles. The maximum atomic E-state index is 13.2. The molecule has 2 aromatic rings. The normalized spacial score (nSPS) is 17.4. The van der Waals surface area contributed by atoms with E-state index in [0.29, 0.717) is 19.3 Å². The fourth-order valence-electron chi connectivity index (χ4n) is 5.28. The van der Waals surface area contributed by atoms with Crippen LogP contribution in [0.25, 0.3) is 0 Å². The molecular formula is C33H50N2O3. The summed E-state index contributed by atoms with van der Waals surface area (Å²) in [4.78, 5) is 17.6. The second-order valence-corrected chi connectivity index (χ2v) is 10.9. The van der Waals surface area contributed by atoms with Crippen LogP contribution in [0, 0.1) is 0 Å². The minimum Gasteiger partial charge on any atom is -0.445 e. The lowest BCUT2D eigenvalue weighted by Gasteiger charge is -2.36. The molecule has 1 aliphatic rings. The molecule has 5 nitrogen and oxygen atoms in total. The molecule has 0 heterocycles. The first-order valence-corrected chi connectivity index (χ1v) is 15.0. The quantitative estimate of drug-likeness (QED) is 0.199. The SMILES string of the molecule is CCCCCN(C)CCCCCCO[C@H]1CC[C@H](N(Cc2ccccc2)C(=O)OCc2ccccc2)CC1. The van der Waals surface area contributed by atoms with Gasteiger partial charge in [0, 0.05) is 19.2 Å². The number of nitrogens with zero attached hydrogens (tertiary/aromatic N) is 2. The number of amides is 1. The summed E-state index contributed by atoms with van der Waals surface area (Å²) < 4.78 is 12.0. The van der Waals surface area contributed by atoms with Crippen LogP contribution in [0.5, 0.6) is 0 Å². The van der Waals surface area contributed by atoms with Crippen molar-refractivity contribution in [2.45, 2.75) is 103 Å². The van der Waals surface area contributed by atoms with Crippen molar-refractivity contribution in [1.29, 1.82) is 0 Å². The van der Waals surface area contributed by atoms with Gasteiger partial charge in [-0.25, -0.2) is 4.79 Å². The zero-order chi connectivity index (χ0) is 26.8. The van der Waals surface area contributed by atoms with E-state index >= 15 is 0 Å². The van der Waals surface area contributed by atoms with Gasteiger partial charge in [0.1, 0.15) is 6.61 Å². The highest BCUT2D eigenvalue weighted by molar-refractivity contribution is 5.68. The Morgan fingerprint density at radius 3 is 2.05 bits per heavy atom. The van der Waals surface area contributed by atoms with Gasteiger partial charge >= 0.3 is 6.09 Å². The Kier molecular flexibility index (Phi) is 14.3. The van der Waals surface area contributed by atoms with E-state index in [1.807, 2.05) is 53.4 Å². The first-order chi connectivity index (χ1) is 18.7. The van der Waals surface area contributed by atoms with Crippen molar-refractivity contribution in [3.63, 3.8) is 0 Å². The van der Waals surface area contributed by atoms with Crippen molar-refractivity contribution in [2.75, 3.05) is 26.7 Å². The third-order valence-electron chi connectivity index (χ3n) is 7.65. The molecule has 0 bridgehead atoms. The van der Waals surface area contributed by atoms with Gasteiger partial charge in [0.25, 0.3) is 0 Å². The molecule has 3 rings (SSSR count). The largest absolute Gasteiger partial charge is 0.445 e. The van der Waals surface area contributed by atoms with Crippen LogP contribution in [0.3, 0.4) is 0 Å². The molecule has 0 aliphatic heterocycles. The number of ether oxygens (including phenoxy) is 2. The third kappa shape index (κ3) is 11.6. The molecule has 210 valence electrons. The molecule has 0 N–H and O–H groups in total. The Morgan fingerprint density at radius 2 is 1.39 bits per heavy atom. The van der Waals surface area contributed by atoms with E-state index in [0.717, 1.165) is 49.8 Å². The van der Waals surface area contributed by atoms with Gasteiger partial charge in [-0.2, -0.15) is 0 Å². The molecule has 1 amide bonds. The molecule has 0 saturated heterocycles. The van der Waals surface area contributed by atoms with Crippen molar-refractivity contribution >= 4 is 6.09 Å². The van der Waals surface area contributed by atoms with Gasteiger partial charge in [-0.05, 0) is 76.2 Å². The fraction of sp³-hybridized carbons (Fsp3) is 0.606. The number of carbonyl (C=O) groups is 1. The Balaban J connectivity index is 1.35. The first kappa shape index (κ1) is 30.2. The minimum atomic E-state index is -0.224. The van der Waals surface area contributed by atoms with E-state index < -0.39 is 0 Å². The Labute approximate surface area is 231 Å². The first-order valence-electron chi connectivity index (χ1n) is 15.0. The third-order valence-corrected chi connectivity index (χ3v) is 7.65. The molecule has 0 atom stereocenters. The van der Waals surface area contributed by atoms with Gasteiger partial charge in [-0.3, -0.25) is 0 Å². The topological polar surface area (TPSA) is 42.0 Å². The lowest BCUT2D eigenvalue weighted by molar-refractivity contribution is 0.00194. The van der Waals surface area contributed by atoms with Gasteiger partial charge < -0.3 is 19.3 Å². The average molecular weight is 523 g/mol. The van der Waals surface area contributed by atoms with Gasteiger partial charge in [-0.15, -0.1) is 0 Å². The number of rotatable bonds is 17. The zero-order valence-electron chi connectivity index (χ0n) is 23.9. The predicted octanol–water partition coefficient (Wildman–Crippen LogP) is 7.84. The minimum absolute atomic E-state index is 0.188. The van der Waals surface area contributed by atoms with E-state index in [4.69, 9.17) is 9.47 Å². The van der Waals surface area contributed by atoms with Gasteiger partial charge in [0.2, 0.25) is 0 Å². The smallest absolute Gasteiger partial charge is 0.410 e. The lowest BCUT2D eigenvalue weighted by atomic mass is 9.91. The predicted molar refractivity (Wildman–Crippen MR) is 156 cm³/mol. The van der Waals surface area contributed by atoms with Crippen LogP contribution in [0.2, 0.25) is 0 Å². The molecule has 2 aromatic carbocycles. The second-order valence-electron chi connectivity index (χ2n) is 10.9. The van der Waals surface area contributed by atoms with E-state index in [2.05, 4.69) is 31.0 Å². The highest BCUT2D eigenvalue weighted by Crippen LogP contribution is 2.27. The highest BCUT2D eigenvalue weighted by Gasteiger charge is 2.30. The fourth-order valence-corrected chi connectivity index (χ4v) is 5.28. The van der Waals surface area contributed by atoms with E-state index in [1.54, 1.807) is 0 Å². The van der Waals surface area contributed by atoms with Crippen molar-refractivity contribution in [3.8, 4) is 0 Å². The Hall–Kier alpha value is -2.37. The van der Waals surface area contributed by atoms with Crippen LogP contribution in [-0.4, -0.2) is 54.8 Å². The summed E-state index contributed by atoms with van der Waals surface area (Å²) in [5.41, 5.74) is 2.14. The molecule has 0 aromatic heterocycles. The summed E-state index contributed by atoms with van der Waals surface area (Å²) >= 11 is 0. The maximum Gasteiger partial charge on any atom is 0.410 e. The molecule has 1 fully saturated rings. The summed E-state index contributed by atoms with van der Waals surface area (Å²) in [6, 6.07) is 20.3. The van der Waals surface area contributed by atoms with Crippen LogP contribution < -0.4 is 0 Å². The summed E-state index contributed by atoms with van der Waals surface area (Å²) in [5, 5.41) is 0. The number of hydrogen-bond acceptors (Lipinski definition) is 4. The summed E-state index contributed by atoms with van der Waals surface area (Å²) in [7, 11) is 2.25. The molecule has 5 heteroatoms. The van der Waals surface area contributed by atoms with Crippen molar-refractivity contribution in [1.82, 2.24) is 9.80 Å². The summed E-state index contributed by atoms with van der Waals surface area (Å²) in [5.74, 6) is 0. The van der Waals surface area contributed by atoms with E-state index in [-0.39, 0.29) is 12.1 Å². The van der Waals surface area contributed by atoms with E-state index in [9.17, 15) is 4.79 Å². The van der Waals surface area contributed by atoms with Crippen molar-refractivity contribution < 1.29 is 14.3 Å². The summed E-state index contributed by atoms with van der Waals surface area (Å²) in [6.07, 6.45) is 12.9. The number of hydrogen-bond donors (Lipinski definition) is 0.